The molecule has 0 aliphatic rings. The molecule has 0 radical (unpaired) electrons. The molecule has 31 heavy (non-hydrogen) atoms. The molecule has 0 unspecified atom stereocenters. The number of amides is 1. The molecule has 9 heteroatoms. The average molecular weight is 437 g/mol. The van der Waals surface area contributed by atoms with E-state index in [1.165, 1.54) is 6.33 Å². The lowest BCUT2D eigenvalue weighted by Crippen LogP contribution is -2.23. The Balaban J connectivity index is 1.44. The number of carbonyl (C=O) groups excluding carboxylic acids is 1. The van der Waals surface area contributed by atoms with Crippen molar-refractivity contribution < 1.29 is 9.32 Å². The summed E-state index contributed by atoms with van der Waals surface area (Å²) in [6, 6.07) is 11.0. The predicted octanol–water partition coefficient (Wildman–Crippen LogP) is 4.20. The summed E-state index contributed by atoms with van der Waals surface area (Å²) in [7, 11) is 0. The van der Waals surface area contributed by atoms with Crippen LogP contribution < -0.4 is 5.32 Å². The van der Waals surface area contributed by atoms with E-state index in [0.29, 0.717) is 34.7 Å². The molecule has 0 spiro atoms. The van der Waals surface area contributed by atoms with Crippen molar-refractivity contribution in [2.75, 3.05) is 0 Å². The van der Waals surface area contributed by atoms with Gasteiger partial charge in [0.15, 0.2) is 5.82 Å². The maximum Gasteiger partial charge on any atom is 0.271 e. The second-order valence-electron chi connectivity index (χ2n) is 8.02. The number of aromatic nitrogens is 5. The standard InChI is InChI=1S/C22H21ClN6O2/c1-22(2,3)21-27-20(31-28-21)15-8-9-18(24-11-15)29-12-17(26-13-29)19(30)25-10-14-6-4-5-7-16(14)23/h4-9,11-13H,10H2,1-3H3,(H,25,30). The van der Waals surface area contributed by atoms with Gasteiger partial charge >= 0.3 is 0 Å². The Morgan fingerprint density at radius 3 is 2.65 bits per heavy atom. The van der Waals surface area contributed by atoms with Crippen molar-refractivity contribution in [2.45, 2.75) is 32.7 Å². The molecule has 0 saturated heterocycles. The van der Waals surface area contributed by atoms with Crippen LogP contribution in [0.5, 0.6) is 0 Å². The smallest absolute Gasteiger partial charge is 0.271 e. The summed E-state index contributed by atoms with van der Waals surface area (Å²) in [5, 5.41) is 7.45. The van der Waals surface area contributed by atoms with Crippen LogP contribution in [0.1, 0.15) is 42.6 Å². The van der Waals surface area contributed by atoms with Crippen LogP contribution in [-0.4, -0.2) is 30.6 Å². The molecule has 8 nitrogen and oxygen atoms in total. The predicted molar refractivity (Wildman–Crippen MR) is 116 cm³/mol. The van der Waals surface area contributed by atoms with Crippen LogP contribution >= 0.6 is 11.6 Å². The summed E-state index contributed by atoms with van der Waals surface area (Å²) in [5.74, 6) is 1.36. The van der Waals surface area contributed by atoms with Crippen LogP contribution in [0, 0.1) is 0 Å². The number of imidazole rings is 1. The molecule has 0 atom stereocenters. The zero-order valence-electron chi connectivity index (χ0n) is 17.3. The van der Waals surface area contributed by atoms with Gasteiger partial charge in [-0.3, -0.25) is 9.36 Å². The van der Waals surface area contributed by atoms with Crippen LogP contribution in [0.4, 0.5) is 0 Å². The first-order chi connectivity index (χ1) is 14.8. The fourth-order valence-corrected chi connectivity index (χ4v) is 2.99. The number of nitrogens with zero attached hydrogens (tertiary/aromatic N) is 5. The number of benzene rings is 1. The van der Waals surface area contributed by atoms with Crippen molar-refractivity contribution in [1.29, 1.82) is 0 Å². The number of hydrogen-bond donors (Lipinski definition) is 1. The van der Waals surface area contributed by atoms with Crippen LogP contribution in [0.25, 0.3) is 17.3 Å². The first-order valence-electron chi connectivity index (χ1n) is 9.68. The molecule has 4 rings (SSSR count). The van der Waals surface area contributed by atoms with Crippen molar-refractivity contribution in [3.63, 3.8) is 0 Å². The lowest BCUT2D eigenvalue weighted by Gasteiger charge is -2.10. The highest BCUT2D eigenvalue weighted by molar-refractivity contribution is 6.31. The molecule has 3 heterocycles. The first-order valence-corrected chi connectivity index (χ1v) is 10.1. The normalized spacial score (nSPS) is 11.5. The van der Waals surface area contributed by atoms with Gasteiger partial charge in [-0.2, -0.15) is 4.98 Å². The van der Waals surface area contributed by atoms with Crippen molar-refractivity contribution in [1.82, 2.24) is 30.0 Å². The maximum absolute atomic E-state index is 12.4. The zero-order valence-corrected chi connectivity index (χ0v) is 18.1. The van der Waals surface area contributed by atoms with Gasteiger partial charge in [0.2, 0.25) is 0 Å². The molecular formula is C22H21ClN6O2. The molecule has 0 fully saturated rings. The highest BCUT2D eigenvalue weighted by Gasteiger charge is 2.21. The van der Waals surface area contributed by atoms with Crippen molar-refractivity contribution in [2.24, 2.45) is 0 Å². The van der Waals surface area contributed by atoms with Gasteiger partial charge in [0.05, 0.1) is 5.56 Å². The summed E-state index contributed by atoms with van der Waals surface area (Å²) < 4.78 is 7.02. The first kappa shape index (κ1) is 20.7. The summed E-state index contributed by atoms with van der Waals surface area (Å²) in [5.41, 5.74) is 1.63. The van der Waals surface area contributed by atoms with E-state index >= 15 is 0 Å². The minimum absolute atomic E-state index is 0.200. The lowest BCUT2D eigenvalue weighted by atomic mass is 9.96. The average Bonchev–Trinajstić information content (AvgIpc) is 3.43. The van der Waals surface area contributed by atoms with Crippen LogP contribution in [0.3, 0.4) is 0 Å². The molecule has 0 aliphatic carbocycles. The Kier molecular flexibility index (Phi) is 5.56. The van der Waals surface area contributed by atoms with Crippen LogP contribution in [-0.2, 0) is 12.0 Å². The Bertz CT molecular complexity index is 1210. The third kappa shape index (κ3) is 4.64. The lowest BCUT2D eigenvalue weighted by molar-refractivity contribution is 0.0946. The van der Waals surface area contributed by atoms with E-state index in [9.17, 15) is 4.79 Å². The van der Waals surface area contributed by atoms with Gasteiger partial charge in [0.1, 0.15) is 17.8 Å². The number of halogens is 1. The van der Waals surface area contributed by atoms with E-state index in [2.05, 4.69) is 25.4 Å². The molecule has 3 aromatic heterocycles. The number of hydrogen-bond acceptors (Lipinski definition) is 6. The molecular weight excluding hydrogens is 416 g/mol. The Hall–Kier alpha value is -3.52. The van der Waals surface area contributed by atoms with Crippen molar-refractivity contribution in [3.05, 3.63) is 77.2 Å². The van der Waals surface area contributed by atoms with Gasteiger partial charge in [0, 0.05) is 29.4 Å². The number of pyridine rings is 1. The molecule has 1 amide bonds. The quantitative estimate of drug-likeness (QED) is 0.503. The third-order valence-electron chi connectivity index (χ3n) is 4.57. The van der Waals surface area contributed by atoms with E-state index in [1.54, 1.807) is 29.1 Å². The molecule has 1 aromatic carbocycles. The van der Waals surface area contributed by atoms with E-state index in [-0.39, 0.29) is 17.0 Å². The molecule has 0 aliphatic heterocycles. The Morgan fingerprint density at radius 1 is 1.16 bits per heavy atom. The monoisotopic (exact) mass is 436 g/mol. The van der Waals surface area contributed by atoms with Gasteiger partial charge in [-0.15, -0.1) is 0 Å². The largest absolute Gasteiger partial charge is 0.347 e. The van der Waals surface area contributed by atoms with Gasteiger partial charge in [-0.05, 0) is 23.8 Å². The topological polar surface area (TPSA) is 98.7 Å². The fourth-order valence-electron chi connectivity index (χ4n) is 2.78. The third-order valence-corrected chi connectivity index (χ3v) is 4.94. The second kappa shape index (κ2) is 8.31. The van der Waals surface area contributed by atoms with Gasteiger partial charge in [-0.1, -0.05) is 55.7 Å². The van der Waals surface area contributed by atoms with E-state index in [0.717, 1.165) is 5.56 Å². The van der Waals surface area contributed by atoms with Crippen molar-refractivity contribution >= 4 is 17.5 Å². The number of rotatable bonds is 5. The minimum atomic E-state index is -0.296. The van der Waals surface area contributed by atoms with Gasteiger partial charge in [0.25, 0.3) is 11.8 Å². The van der Waals surface area contributed by atoms with Gasteiger partial charge < -0.3 is 9.84 Å². The highest BCUT2D eigenvalue weighted by atomic mass is 35.5. The number of nitrogens with one attached hydrogen (secondary N) is 1. The van der Waals surface area contributed by atoms with Crippen LogP contribution in [0.2, 0.25) is 5.02 Å². The summed E-state index contributed by atoms with van der Waals surface area (Å²) >= 11 is 6.12. The molecule has 4 aromatic rings. The minimum Gasteiger partial charge on any atom is -0.347 e. The van der Waals surface area contributed by atoms with Crippen LogP contribution in [0.15, 0.2) is 59.6 Å². The maximum atomic E-state index is 12.4. The van der Waals surface area contributed by atoms with Crippen molar-refractivity contribution in [3.8, 4) is 17.3 Å². The molecule has 1 N–H and O–H groups in total. The van der Waals surface area contributed by atoms with E-state index in [4.69, 9.17) is 16.1 Å². The summed E-state index contributed by atoms with van der Waals surface area (Å²) in [6.07, 6.45) is 4.80. The van der Waals surface area contributed by atoms with E-state index < -0.39 is 0 Å². The zero-order chi connectivity index (χ0) is 22.0. The molecule has 0 bridgehead atoms. The fraction of sp³-hybridized carbons (Fsp3) is 0.227. The summed E-state index contributed by atoms with van der Waals surface area (Å²) in [4.78, 5) is 25.4. The molecule has 0 saturated carbocycles. The Labute approximate surface area is 184 Å². The van der Waals surface area contributed by atoms with E-state index in [1.807, 2.05) is 45.0 Å². The second-order valence-corrected chi connectivity index (χ2v) is 8.43. The Morgan fingerprint density at radius 2 is 1.97 bits per heavy atom. The van der Waals surface area contributed by atoms with Gasteiger partial charge in [-0.25, -0.2) is 9.97 Å². The SMILES string of the molecule is CC(C)(C)c1noc(-c2ccc(-n3cnc(C(=O)NCc4ccccc4Cl)c3)nc2)n1. The number of carbonyl (C=O) groups is 1. The molecule has 158 valence electrons. The summed E-state index contributed by atoms with van der Waals surface area (Å²) in [6.45, 7) is 6.37. The highest BCUT2D eigenvalue weighted by Crippen LogP contribution is 2.23.